The van der Waals surface area contributed by atoms with E-state index in [9.17, 15) is 15.3 Å². The van der Waals surface area contributed by atoms with Gasteiger partial charge in [0.05, 0.1) is 47.8 Å². The number of hydrogen-bond acceptors (Lipinski definition) is 12. The maximum absolute atomic E-state index is 10.1. The monoisotopic (exact) mass is 585 g/mol. The Labute approximate surface area is 243 Å². The smallest absolute Gasteiger partial charge is 0.163 e. The summed E-state index contributed by atoms with van der Waals surface area (Å²) in [5.41, 5.74) is 11.2. The first-order valence-corrected chi connectivity index (χ1v) is 13.6. The van der Waals surface area contributed by atoms with Gasteiger partial charge in [0, 0.05) is 41.7 Å². The molecule has 1 aliphatic rings. The second-order valence-electron chi connectivity index (χ2n) is 9.91. The minimum atomic E-state index is -0.677. The molecule has 1 aromatic carbocycles. The summed E-state index contributed by atoms with van der Waals surface area (Å²) in [5, 5.41) is 36.3. The summed E-state index contributed by atoms with van der Waals surface area (Å²) in [6.07, 6.45) is 0.919. The summed E-state index contributed by atoms with van der Waals surface area (Å²) in [6, 6.07) is 4.57. The molecule has 2 aromatic heterocycles. The highest BCUT2D eigenvalue weighted by atomic mass is 35.5. The Morgan fingerprint density at radius 2 is 1.98 bits per heavy atom. The predicted molar refractivity (Wildman–Crippen MR) is 157 cm³/mol. The van der Waals surface area contributed by atoms with E-state index in [2.05, 4.69) is 15.5 Å². The Hall–Kier alpha value is -3.55. The molecule has 12 nitrogen and oxygen atoms in total. The molecule has 0 amide bonds. The first kappa shape index (κ1) is 30.4. The van der Waals surface area contributed by atoms with Gasteiger partial charge in [0.25, 0.3) is 0 Å². The van der Waals surface area contributed by atoms with Crippen molar-refractivity contribution in [1.82, 2.24) is 20.4 Å². The first-order chi connectivity index (χ1) is 19.7. The van der Waals surface area contributed by atoms with Gasteiger partial charge in [0.15, 0.2) is 5.82 Å². The number of benzene rings is 1. The summed E-state index contributed by atoms with van der Waals surface area (Å²) in [4.78, 5) is 16.1. The van der Waals surface area contributed by atoms with Gasteiger partial charge in [0.2, 0.25) is 0 Å². The van der Waals surface area contributed by atoms with Crippen molar-refractivity contribution in [3.05, 3.63) is 51.5 Å². The lowest BCUT2D eigenvalue weighted by Gasteiger charge is -2.22. The molecule has 0 spiro atoms. The molecule has 3 aromatic rings. The molecular weight excluding hydrogens is 550 g/mol. The van der Waals surface area contributed by atoms with Crippen LogP contribution in [0.5, 0.6) is 5.75 Å². The van der Waals surface area contributed by atoms with Gasteiger partial charge in [-0.25, -0.2) is 9.97 Å². The van der Waals surface area contributed by atoms with E-state index >= 15 is 0 Å². The van der Waals surface area contributed by atoms with Crippen LogP contribution < -0.4 is 20.7 Å². The molecule has 1 atom stereocenters. The van der Waals surface area contributed by atoms with E-state index in [1.165, 1.54) is 0 Å². The number of nitrogens with one attached hydrogen (secondary N) is 1. The van der Waals surface area contributed by atoms with Crippen LogP contribution in [-0.2, 0) is 0 Å². The third-order valence-electron chi connectivity index (χ3n) is 6.75. The average Bonchev–Trinajstić information content (AvgIpc) is 3.49. The topological polar surface area (TPSA) is 175 Å². The molecule has 3 heterocycles. The lowest BCUT2D eigenvalue weighted by Crippen LogP contribution is -2.29. The molecule has 0 aliphatic carbocycles. The third kappa shape index (κ3) is 6.85. The van der Waals surface area contributed by atoms with Crippen molar-refractivity contribution in [3.8, 4) is 28.4 Å². The molecule has 0 saturated carbocycles. The largest absolute Gasteiger partial charge is 0.491 e. The van der Waals surface area contributed by atoms with Gasteiger partial charge in [-0.2, -0.15) is 0 Å². The lowest BCUT2D eigenvalue weighted by molar-refractivity contribution is 0.108. The summed E-state index contributed by atoms with van der Waals surface area (Å²) in [7, 11) is 1.76. The van der Waals surface area contributed by atoms with E-state index in [-0.39, 0.29) is 19.8 Å². The second kappa shape index (κ2) is 13.4. The molecule has 0 unspecified atom stereocenters. The number of rotatable bonds is 12. The standard InChI is InChI=1S/C28H36ClN7O5/c1-15-26(25-16(2)35-41-17(25)3)33-27(22-7-21(5-6-23(22)29)40-14-20(39)9-31-4)34-28(15)36-10-18(24(30)11-36)8-32-19(12-37)13-38/h5-8,19-20,31,37-39H,9-14,30H2,1-4H3/t20-/m1/s1. The zero-order valence-electron chi connectivity index (χ0n) is 23.6. The number of halogens is 1. The molecule has 1 aliphatic heterocycles. The fourth-order valence-corrected chi connectivity index (χ4v) is 4.74. The maximum Gasteiger partial charge on any atom is 0.163 e. The van der Waals surface area contributed by atoms with E-state index in [0.717, 1.165) is 16.7 Å². The summed E-state index contributed by atoms with van der Waals surface area (Å²) in [5.74, 6) is 2.14. The maximum atomic E-state index is 10.1. The van der Waals surface area contributed by atoms with Gasteiger partial charge >= 0.3 is 0 Å². The highest BCUT2D eigenvalue weighted by molar-refractivity contribution is 6.33. The van der Waals surface area contributed by atoms with Crippen LogP contribution in [-0.4, -0.2) is 95.3 Å². The number of nitrogens with two attached hydrogens (primary N) is 1. The Balaban J connectivity index is 1.77. The number of likely N-dealkylation sites (N-methyl/N-ethyl adjacent to an activating group) is 1. The van der Waals surface area contributed by atoms with E-state index < -0.39 is 12.1 Å². The summed E-state index contributed by atoms with van der Waals surface area (Å²) >= 11 is 6.65. The van der Waals surface area contributed by atoms with Crippen LogP contribution in [0.1, 0.15) is 17.0 Å². The molecule has 0 saturated heterocycles. The molecular formula is C28H36ClN7O5. The van der Waals surface area contributed by atoms with E-state index in [0.29, 0.717) is 70.5 Å². The molecule has 6 N–H and O–H groups in total. The van der Waals surface area contributed by atoms with Crippen LogP contribution in [0.4, 0.5) is 5.82 Å². The van der Waals surface area contributed by atoms with Crippen molar-refractivity contribution in [1.29, 1.82) is 0 Å². The number of anilines is 1. The SMILES string of the molecule is CNC[C@@H](O)COc1ccc(Cl)c(-c2nc(-c3c(C)noc3C)c(C)c(N3CC(N)=C(C=NC(CO)CO)C3)n2)c1. The van der Waals surface area contributed by atoms with Crippen molar-refractivity contribution in [2.45, 2.75) is 32.9 Å². The normalized spacial score (nSPS) is 14.6. The van der Waals surface area contributed by atoms with Crippen LogP contribution in [0.3, 0.4) is 0 Å². The highest BCUT2D eigenvalue weighted by Gasteiger charge is 2.27. The quantitative estimate of drug-likeness (QED) is 0.196. The number of ether oxygens (including phenoxy) is 1. The van der Waals surface area contributed by atoms with Crippen LogP contribution in [0.25, 0.3) is 22.6 Å². The summed E-state index contributed by atoms with van der Waals surface area (Å²) < 4.78 is 11.3. The lowest BCUT2D eigenvalue weighted by atomic mass is 10.0. The van der Waals surface area contributed by atoms with Crippen LogP contribution in [0, 0.1) is 20.8 Å². The van der Waals surface area contributed by atoms with Crippen molar-refractivity contribution in [2.24, 2.45) is 10.7 Å². The summed E-state index contributed by atoms with van der Waals surface area (Å²) in [6.45, 7) is 6.38. The van der Waals surface area contributed by atoms with Gasteiger partial charge in [-0.15, -0.1) is 0 Å². The molecule has 41 heavy (non-hydrogen) atoms. The van der Waals surface area contributed by atoms with E-state index in [4.69, 9.17) is 36.6 Å². The molecule has 220 valence electrons. The van der Waals surface area contributed by atoms with Crippen LogP contribution in [0.15, 0.2) is 39.0 Å². The van der Waals surface area contributed by atoms with Crippen molar-refractivity contribution in [3.63, 3.8) is 0 Å². The van der Waals surface area contributed by atoms with Crippen molar-refractivity contribution >= 4 is 23.6 Å². The van der Waals surface area contributed by atoms with Gasteiger partial charge < -0.3 is 40.5 Å². The Morgan fingerprint density at radius 3 is 2.63 bits per heavy atom. The number of aliphatic hydroxyl groups excluding tert-OH is 3. The fourth-order valence-electron chi connectivity index (χ4n) is 4.54. The molecule has 13 heteroatoms. The first-order valence-electron chi connectivity index (χ1n) is 13.2. The van der Waals surface area contributed by atoms with Gasteiger partial charge in [0.1, 0.15) is 30.0 Å². The molecule has 4 rings (SSSR count). The van der Waals surface area contributed by atoms with Gasteiger partial charge in [-0.1, -0.05) is 16.8 Å². The van der Waals surface area contributed by atoms with Crippen LogP contribution in [0.2, 0.25) is 5.02 Å². The average molecular weight is 586 g/mol. The number of hydrogen-bond donors (Lipinski definition) is 5. The minimum Gasteiger partial charge on any atom is -0.491 e. The van der Waals surface area contributed by atoms with Crippen molar-refractivity contribution < 1.29 is 24.6 Å². The Bertz CT molecular complexity index is 1420. The number of aliphatic hydroxyl groups is 3. The van der Waals surface area contributed by atoms with E-state index in [1.807, 2.05) is 25.7 Å². The zero-order chi connectivity index (χ0) is 29.7. The molecule has 0 fully saturated rings. The van der Waals surface area contributed by atoms with Crippen LogP contribution >= 0.6 is 11.6 Å². The zero-order valence-corrected chi connectivity index (χ0v) is 24.3. The third-order valence-corrected chi connectivity index (χ3v) is 7.08. The Morgan fingerprint density at radius 1 is 1.22 bits per heavy atom. The highest BCUT2D eigenvalue weighted by Crippen LogP contribution is 2.38. The van der Waals surface area contributed by atoms with Gasteiger partial charge in [-0.3, -0.25) is 4.99 Å². The number of nitrogens with zero attached hydrogens (tertiary/aromatic N) is 5. The number of aromatic nitrogens is 3. The van der Waals surface area contributed by atoms with E-state index in [1.54, 1.807) is 31.5 Å². The Kier molecular flexibility index (Phi) is 9.94. The fraction of sp³-hybridized carbons (Fsp3) is 0.429. The molecule has 0 bridgehead atoms. The predicted octanol–water partition coefficient (Wildman–Crippen LogP) is 1.79. The molecule has 0 radical (unpaired) electrons. The number of aryl methyl sites for hydroxylation is 2. The number of aliphatic imine (C=N–C) groups is 1. The second-order valence-corrected chi connectivity index (χ2v) is 10.3. The minimum absolute atomic E-state index is 0.0999. The van der Waals surface area contributed by atoms with Crippen molar-refractivity contribution in [2.75, 3.05) is 51.4 Å². The van der Waals surface area contributed by atoms with Gasteiger partial charge in [-0.05, 0) is 46.0 Å².